The van der Waals surface area contributed by atoms with Gasteiger partial charge in [0, 0.05) is 6.08 Å². The standard InChI is InChI=1S/C18H17FO5/c1-21-15-10-12(11-16(22-2)18(15)23-3)4-9-17(20)24-14-7-5-13(19)6-8-14/h4-11H,1-3H3/b9-4+. The monoisotopic (exact) mass is 332 g/mol. The highest BCUT2D eigenvalue weighted by molar-refractivity contribution is 5.89. The Labute approximate surface area is 139 Å². The van der Waals surface area contributed by atoms with Gasteiger partial charge in [0.25, 0.3) is 0 Å². The van der Waals surface area contributed by atoms with Crippen molar-refractivity contribution in [3.63, 3.8) is 0 Å². The van der Waals surface area contributed by atoms with Gasteiger partial charge in [-0.05, 0) is 48.0 Å². The van der Waals surface area contributed by atoms with E-state index in [1.54, 1.807) is 18.2 Å². The summed E-state index contributed by atoms with van der Waals surface area (Å²) in [5.41, 5.74) is 0.667. The number of carbonyl (C=O) groups is 1. The van der Waals surface area contributed by atoms with E-state index in [1.165, 1.54) is 51.7 Å². The van der Waals surface area contributed by atoms with Gasteiger partial charge in [-0.25, -0.2) is 9.18 Å². The SMILES string of the molecule is COc1cc(/C=C/C(=O)Oc2ccc(F)cc2)cc(OC)c1OC. The Morgan fingerprint density at radius 1 is 0.958 bits per heavy atom. The quantitative estimate of drug-likeness (QED) is 0.461. The average Bonchev–Trinajstić information content (AvgIpc) is 2.60. The van der Waals surface area contributed by atoms with E-state index in [9.17, 15) is 9.18 Å². The second-order valence-electron chi connectivity index (χ2n) is 4.67. The summed E-state index contributed by atoms with van der Waals surface area (Å²) in [6, 6.07) is 8.57. The third kappa shape index (κ3) is 4.25. The molecular weight excluding hydrogens is 315 g/mol. The van der Waals surface area contributed by atoms with E-state index in [-0.39, 0.29) is 5.75 Å². The van der Waals surface area contributed by atoms with Crippen LogP contribution in [0.3, 0.4) is 0 Å². The van der Waals surface area contributed by atoms with E-state index in [1.807, 2.05) is 0 Å². The predicted molar refractivity (Wildman–Crippen MR) is 87.2 cm³/mol. The van der Waals surface area contributed by atoms with Crippen LogP contribution in [0.15, 0.2) is 42.5 Å². The normalized spacial score (nSPS) is 10.5. The van der Waals surface area contributed by atoms with Crippen molar-refractivity contribution in [2.45, 2.75) is 0 Å². The van der Waals surface area contributed by atoms with Gasteiger partial charge in [-0.3, -0.25) is 0 Å². The molecule has 0 aliphatic rings. The van der Waals surface area contributed by atoms with Crippen LogP contribution in [-0.4, -0.2) is 27.3 Å². The first-order valence-corrected chi connectivity index (χ1v) is 7.03. The Balaban J connectivity index is 2.15. The minimum Gasteiger partial charge on any atom is -0.493 e. The molecule has 5 nitrogen and oxygen atoms in total. The van der Waals surface area contributed by atoms with Gasteiger partial charge in [-0.2, -0.15) is 0 Å². The van der Waals surface area contributed by atoms with Crippen molar-refractivity contribution < 1.29 is 28.1 Å². The molecule has 0 amide bonds. The lowest BCUT2D eigenvalue weighted by atomic mass is 10.1. The molecule has 2 aromatic carbocycles. The fraction of sp³-hybridized carbons (Fsp3) is 0.167. The number of benzene rings is 2. The molecule has 0 heterocycles. The summed E-state index contributed by atoms with van der Waals surface area (Å²) in [5.74, 6) is 0.687. The third-order valence-corrected chi connectivity index (χ3v) is 3.13. The van der Waals surface area contributed by atoms with Gasteiger partial charge < -0.3 is 18.9 Å². The van der Waals surface area contributed by atoms with Crippen LogP contribution in [0.2, 0.25) is 0 Å². The lowest BCUT2D eigenvalue weighted by molar-refractivity contribution is -0.128. The molecule has 0 aromatic heterocycles. The van der Waals surface area contributed by atoms with Crippen molar-refractivity contribution in [1.82, 2.24) is 0 Å². The van der Waals surface area contributed by atoms with Crippen molar-refractivity contribution in [3.8, 4) is 23.0 Å². The average molecular weight is 332 g/mol. The Kier molecular flexibility index (Phi) is 5.78. The Bertz CT molecular complexity index is 713. The molecule has 0 aliphatic carbocycles. The summed E-state index contributed by atoms with van der Waals surface area (Å²) < 4.78 is 33.6. The molecule has 0 radical (unpaired) electrons. The number of methoxy groups -OCH3 is 3. The van der Waals surface area contributed by atoms with E-state index < -0.39 is 11.8 Å². The van der Waals surface area contributed by atoms with Crippen LogP contribution in [0.1, 0.15) is 5.56 Å². The molecule has 126 valence electrons. The molecule has 2 rings (SSSR count). The minimum atomic E-state index is -0.588. The van der Waals surface area contributed by atoms with Crippen LogP contribution in [0.4, 0.5) is 4.39 Å². The van der Waals surface area contributed by atoms with Crippen molar-refractivity contribution in [2.75, 3.05) is 21.3 Å². The molecule has 0 fully saturated rings. The summed E-state index contributed by atoms with van der Waals surface area (Å²) in [6.07, 6.45) is 2.81. The number of hydrogen-bond donors (Lipinski definition) is 0. The summed E-state index contributed by atoms with van der Waals surface area (Å²) in [7, 11) is 4.52. The highest BCUT2D eigenvalue weighted by Crippen LogP contribution is 2.38. The second kappa shape index (κ2) is 8.01. The first-order chi connectivity index (χ1) is 11.6. The highest BCUT2D eigenvalue weighted by atomic mass is 19.1. The highest BCUT2D eigenvalue weighted by Gasteiger charge is 2.12. The van der Waals surface area contributed by atoms with E-state index in [4.69, 9.17) is 18.9 Å². The number of rotatable bonds is 6. The van der Waals surface area contributed by atoms with Crippen molar-refractivity contribution in [1.29, 1.82) is 0 Å². The van der Waals surface area contributed by atoms with Crippen LogP contribution in [0.5, 0.6) is 23.0 Å². The fourth-order valence-corrected chi connectivity index (χ4v) is 2.01. The predicted octanol–water partition coefficient (Wildman–Crippen LogP) is 3.47. The van der Waals surface area contributed by atoms with Gasteiger partial charge in [0.05, 0.1) is 21.3 Å². The van der Waals surface area contributed by atoms with Gasteiger partial charge in [0.15, 0.2) is 11.5 Å². The maximum absolute atomic E-state index is 12.8. The van der Waals surface area contributed by atoms with E-state index in [0.717, 1.165) is 0 Å². The molecule has 0 unspecified atom stereocenters. The molecule has 0 atom stereocenters. The van der Waals surface area contributed by atoms with Crippen molar-refractivity contribution >= 4 is 12.0 Å². The fourth-order valence-electron chi connectivity index (χ4n) is 2.01. The first kappa shape index (κ1) is 17.3. The van der Waals surface area contributed by atoms with Gasteiger partial charge in [0.2, 0.25) is 5.75 Å². The largest absolute Gasteiger partial charge is 0.493 e. The molecule has 0 aliphatic heterocycles. The van der Waals surface area contributed by atoms with E-state index in [2.05, 4.69) is 0 Å². The molecule has 0 spiro atoms. The summed E-state index contributed by atoms with van der Waals surface area (Å²) in [6.45, 7) is 0. The molecule has 2 aromatic rings. The van der Waals surface area contributed by atoms with Crippen LogP contribution < -0.4 is 18.9 Å². The van der Waals surface area contributed by atoms with Crippen LogP contribution >= 0.6 is 0 Å². The van der Waals surface area contributed by atoms with Crippen LogP contribution in [0.25, 0.3) is 6.08 Å². The number of halogens is 1. The van der Waals surface area contributed by atoms with Gasteiger partial charge in [-0.15, -0.1) is 0 Å². The zero-order valence-electron chi connectivity index (χ0n) is 13.5. The summed E-state index contributed by atoms with van der Waals surface area (Å²) in [4.78, 5) is 11.8. The Morgan fingerprint density at radius 2 is 1.54 bits per heavy atom. The second-order valence-corrected chi connectivity index (χ2v) is 4.67. The van der Waals surface area contributed by atoms with Crippen molar-refractivity contribution in [2.24, 2.45) is 0 Å². The summed E-state index contributed by atoms with van der Waals surface area (Å²) in [5, 5.41) is 0. The molecule has 0 bridgehead atoms. The van der Waals surface area contributed by atoms with Gasteiger partial charge in [0.1, 0.15) is 11.6 Å². The number of hydrogen-bond acceptors (Lipinski definition) is 5. The maximum Gasteiger partial charge on any atom is 0.336 e. The number of esters is 1. The van der Waals surface area contributed by atoms with E-state index in [0.29, 0.717) is 22.8 Å². The smallest absolute Gasteiger partial charge is 0.336 e. The van der Waals surface area contributed by atoms with Crippen LogP contribution in [0, 0.1) is 5.82 Å². The first-order valence-electron chi connectivity index (χ1n) is 7.03. The molecule has 0 saturated carbocycles. The molecular formula is C18H17FO5. The molecule has 0 saturated heterocycles. The zero-order valence-corrected chi connectivity index (χ0v) is 13.5. The lowest BCUT2D eigenvalue weighted by Crippen LogP contribution is -2.03. The lowest BCUT2D eigenvalue weighted by Gasteiger charge is -2.12. The Hall–Kier alpha value is -3.02. The van der Waals surface area contributed by atoms with Crippen LogP contribution in [-0.2, 0) is 4.79 Å². The molecule has 24 heavy (non-hydrogen) atoms. The van der Waals surface area contributed by atoms with Gasteiger partial charge in [-0.1, -0.05) is 0 Å². The topological polar surface area (TPSA) is 54.0 Å². The minimum absolute atomic E-state index is 0.260. The van der Waals surface area contributed by atoms with Gasteiger partial charge >= 0.3 is 5.97 Å². The number of ether oxygens (including phenoxy) is 4. The van der Waals surface area contributed by atoms with Crippen molar-refractivity contribution in [3.05, 3.63) is 53.9 Å². The molecule has 0 N–H and O–H groups in total. The third-order valence-electron chi connectivity index (χ3n) is 3.13. The zero-order chi connectivity index (χ0) is 17.5. The number of carbonyl (C=O) groups excluding carboxylic acids is 1. The Morgan fingerprint density at radius 3 is 2.04 bits per heavy atom. The maximum atomic E-state index is 12.8. The summed E-state index contributed by atoms with van der Waals surface area (Å²) >= 11 is 0. The van der Waals surface area contributed by atoms with E-state index >= 15 is 0 Å². The molecule has 6 heteroatoms.